The minimum Gasteiger partial charge on any atom is -0.491 e. The van der Waals surface area contributed by atoms with Crippen molar-refractivity contribution in [3.05, 3.63) is 58.1 Å². The van der Waals surface area contributed by atoms with Gasteiger partial charge in [0.2, 0.25) is 0 Å². The molecule has 4 heteroatoms. The van der Waals surface area contributed by atoms with E-state index in [-0.39, 0.29) is 5.91 Å². The maximum absolute atomic E-state index is 12.4. The van der Waals surface area contributed by atoms with Crippen LogP contribution in [0, 0.1) is 6.92 Å². The average Bonchev–Trinajstić information content (AvgIpc) is 2.48. The molecule has 0 heterocycles. The Kier molecular flexibility index (Phi) is 5.39. The van der Waals surface area contributed by atoms with E-state index in [1.54, 1.807) is 0 Å². The molecule has 0 saturated heterocycles. The summed E-state index contributed by atoms with van der Waals surface area (Å²) >= 11 is 3.39. The molecule has 0 aliphatic rings. The van der Waals surface area contributed by atoms with E-state index in [1.165, 1.54) is 0 Å². The predicted octanol–water partition coefficient (Wildman–Crippen LogP) is 4.80. The number of hydrogen-bond acceptors (Lipinski definition) is 2. The van der Waals surface area contributed by atoms with Crippen LogP contribution in [0.2, 0.25) is 0 Å². The number of hydrogen-bond donors (Lipinski definition) is 1. The van der Waals surface area contributed by atoms with Crippen molar-refractivity contribution in [2.75, 3.05) is 11.9 Å². The highest BCUT2D eigenvalue weighted by molar-refractivity contribution is 9.10. The first-order chi connectivity index (χ1) is 10.1. The summed E-state index contributed by atoms with van der Waals surface area (Å²) in [5, 5.41) is 2.92. The normalized spacial score (nSPS) is 10.2. The number of aryl methyl sites for hydroxylation is 1. The molecule has 0 aliphatic carbocycles. The van der Waals surface area contributed by atoms with Gasteiger partial charge in [0.1, 0.15) is 5.75 Å². The smallest absolute Gasteiger partial charge is 0.256 e. The summed E-state index contributed by atoms with van der Waals surface area (Å²) in [6.45, 7) is 4.59. The first-order valence-electron chi connectivity index (χ1n) is 6.91. The van der Waals surface area contributed by atoms with E-state index in [9.17, 15) is 4.79 Å². The molecule has 2 rings (SSSR count). The lowest BCUT2D eigenvalue weighted by Crippen LogP contribution is -2.14. The van der Waals surface area contributed by atoms with Gasteiger partial charge in [-0.25, -0.2) is 0 Å². The zero-order chi connectivity index (χ0) is 15.2. The molecule has 3 nitrogen and oxygen atoms in total. The van der Waals surface area contributed by atoms with Crippen LogP contribution in [0.4, 0.5) is 5.69 Å². The van der Waals surface area contributed by atoms with Gasteiger partial charge in [0, 0.05) is 10.0 Å². The molecule has 1 amide bonds. The lowest BCUT2D eigenvalue weighted by molar-refractivity contribution is 0.102. The number of nitrogens with one attached hydrogen (secondary N) is 1. The topological polar surface area (TPSA) is 38.3 Å². The molecule has 1 N–H and O–H groups in total. The number of ether oxygens (including phenoxy) is 1. The van der Waals surface area contributed by atoms with Gasteiger partial charge in [-0.1, -0.05) is 41.1 Å². The Hall–Kier alpha value is -1.81. The van der Waals surface area contributed by atoms with Crippen LogP contribution in [-0.4, -0.2) is 12.5 Å². The van der Waals surface area contributed by atoms with Gasteiger partial charge in [-0.05, 0) is 43.2 Å². The van der Waals surface area contributed by atoms with Crippen molar-refractivity contribution in [1.82, 2.24) is 0 Å². The number of carbonyl (C=O) groups excluding carboxylic acids is 1. The molecular formula is C17H18BrNO2. The predicted molar refractivity (Wildman–Crippen MR) is 89.1 cm³/mol. The van der Waals surface area contributed by atoms with E-state index < -0.39 is 0 Å². The van der Waals surface area contributed by atoms with Gasteiger partial charge in [-0.2, -0.15) is 0 Å². The molecule has 0 radical (unpaired) electrons. The zero-order valence-electron chi connectivity index (χ0n) is 12.2. The molecular weight excluding hydrogens is 330 g/mol. The fourth-order valence-electron chi connectivity index (χ4n) is 1.94. The molecule has 2 aromatic rings. The van der Waals surface area contributed by atoms with Crippen LogP contribution in [0.5, 0.6) is 5.75 Å². The van der Waals surface area contributed by atoms with Crippen molar-refractivity contribution in [3.63, 3.8) is 0 Å². The summed E-state index contributed by atoms with van der Waals surface area (Å²) in [5.41, 5.74) is 2.27. The molecule has 2 aromatic carbocycles. The van der Waals surface area contributed by atoms with Gasteiger partial charge >= 0.3 is 0 Å². The molecule has 0 spiro atoms. The summed E-state index contributed by atoms with van der Waals surface area (Å²) < 4.78 is 6.54. The first kappa shape index (κ1) is 15.6. The number of halogens is 1. The van der Waals surface area contributed by atoms with Crippen molar-refractivity contribution >= 4 is 27.5 Å². The minimum absolute atomic E-state index is 0.138. The highest BCUT2D eigenvalue weighted by Crippen LogP contribution is 2.25. The number of para-hydroxylation sites is 2. The highest BCUT2D eigenvalue weighted by Gasteiger charge is 2.12. The van der Waals surface area contributed by atoms with Gasteiger partial charge in [0.15, 0.2) is 0 Å². The minimum atomic E-state index is -0.138. The highest BCUT2D eigenvalue weighted by atomic mass is 79.9. The second-order valence-electron chi connectivity index (χ2n) is 4.76. The molecule has 0 unspecified atom stereocenters. The quantitative estimate of drug-likeness (QED) is 0.843. The fraction of sp³-hybridized carbons (Fsp3) is 0.235. The van der Waals surface area contributed by atoms with Crippen molar-refractivity contribution in [2.24, 2.45) is 0 Å². The van der Waals surface area contributed by atoms with Gasteiger partial charge in [0.25, 0.3) is 5.91 Å². The fourth-order valence-corrected chi connectivity index (χ4v) is 2.30. The van der Waals surface area contributed by atoms with Crippen molar-refractivity contribution in [1.29, 1.82) is 0 Å². The van der Waals surface area contributed by atoms with Gasteiger partial charge in [0.05, 0.1) is 12.3 Å². The van der Waals surface area contributed by atoms with Crippen LogP contribution >= 0.6 is 15.9 Å². The Morgan fingerprint density at radius 1 is 1.24 bits per heavy atom. The molecule has 0 fully saturated rings. The number of carbonyl (C=O) groups is 1. The number of rotatable bonds is 5. The lowest BCUT2D eigenvalue weighted by atomic mass is 10.1. The number of benzene rings is 2. The Balaban J connectivity index is 2.21. The standard InChI is InChI=1S/C17H18BrNO2/c1-3-10-21-16-7-5-4-6-15(16)19-17(20)14-11-13(18)9-8-12(14)2/h4-9,11H,3,10H2,1-2H3,(H,19,20). The number of anilines is 1. The van der Waals surface area contributed by atoms with Crippen LogP contribution < -0.4 is 10.1 Å². The van der Waals surface area contributed by atoms with E-state index in [4.69, 9.17) is 4.74 Å². The summed E-state index contributed by atoms with van der Waals surface area (Å²) in [4.78, 5) is 12.4. The van der Waals surface area contributed by atoms with Gasteiger partial charge in [-0.15, -0.1) is 0 Å². The van der Waals surface area contributed by atoms with E-state index in [0.717, 1.165) is 16.5 Å². The average molecular weight is 348 g/mol. The van der Waals surface area contributed by atoms with E-state index >= 15 is 0 Å². The third-order valence-corrected chi connectivity index (χ3v) is 3.53. The summed E-state index contributed by atoms with van der Waals surface area (Å²) in [6, 6.07) is 13.1. The van der Waals surface area contributed by atoms with Crippen molar-refractivity contribution in [3.8, 4) is 5.75 Å². The SMILES string of the molecule is CCCOc1ccccc1NC(=O)c1cc(Br)ccc1C. The summed E-state index contributed by atoms with van der Waals surface area (Å²) in [6.07, 6.45) is 0.924. The second-order valence-corrected chi connectivity index (χ2v) is 5.67. The third-order valence-electron chi connectivity index (χ3n) is 3.04. The van der Waals surface area contributed by atoms with E-state index in [1.807, 2.05) is 56.3 Å². The molecule has 0 atom stereocenters. The van der Waals surface area contributed by atoms with E-state index in [0.29, 0.717) is 23.6 Å². The molecule has 0 bridgehead atoms. The first-order valence-corrected chi connectivity index (χ1v) is 7.70. The summed E-state index contributed by atoms with van der Waals surface area (Å²) in [5.74, 6) is 0.557. The largest absolute Gasteiger partial charge is 0.491 e. The second kappa shape index (κ2) is 7.27. The maximum atomic E-state index is 12.4. The van der Waals surface area contributed by atoms with Crippen LogP contribution in [0.15, 0.2) is 46.9 Å². The van der Waals surface area contributed by atoms with Gasteiger partial charge in [-0.3, -0.25) is 4.79 Å². The number of amides is 1. The van der Waals surface area contributed by atoms with Crippen molar-refractivity contribution < 1.29 is 9.53 Å². The third kappa shape index (κ3) is 4.08. The van der Waals surface area contributed by atoms with Crippen LogP contribution in [0.25, 0.3) is 0 Å². The van der Waals surface area contributed by atoms with Gasteiger partial charge < -0.3 is 10.1 Å². The zero-order valence-corrected chi connectivity index (χ0v) is 13.7. The monoisotopic (exact) mass is 347 g/mol. The maximum Gasteiger partial charge on any atom is 0.256 e. The van der Waals surface area contributed by atoms with Crippen LogP contribution in [0.3, 0.4) is 0 Å². The molecule has 0 aliphatic heterocycles. The van der Waals surface area contributed by atoms with Crippen molar-refractivity contribution in [2.45, 2.75) is 20.3 Å². The molecule has 0 aromatic heterocycles. The molecule has 0 saturated carbocycles. The summed E-state index contributed by atoms with van der Waals surface area (Å²) in [7, 11) is 0. The Labute approximate surface area is 133 Å². The van der Waals surface area contributed by atoms with E-state index in [2.05, 4.69) is 21.2 Å². The van der Waals surface area contributed by atoms with Crippen LogP contribution in [0.1, 0.15) is 29.3 Å². The molecule has 110 valence electrons. The Bertz CT molecular complexity index is 640. The molecule has 21 heavy (non-hydrogen) atoms. The Morgan fingerprint density at radius 2 is 2.00 bits per heavy atom. The lowest BCUT2D eigenvalue weighted by Gasteiger charge is -2.13. The Morgan fingerprint density at radius 3 is 2.76 bits per heavy atom. The van der Waals surface area contributed by atoms with Crippen LogP contribution in [-0.2, 0) is 0 Å².